The number of hydrogen-bond acceptors (Lipinski definition) is 10. The van der Waals surface area contributed by atoms with Crippen LogP contribution >= 0.6 is 23.5 Å². The SMILES string of the molecule is CC(=O)N(c1ccccc1CN)C1C(=O)N2CC(CSc3nnnn3CCC(N)=O)(C(=O)O)CS[C@H]12. The number of aromatic nitrogens is 4. The lowest BCUT2D eigenvalue weighted by Gasteiger charge is -2.56. The molecule has 2 aliphatic rings. The number of carboxylic acids is 1. The van der Waals surface area contributed by atoms with E-state index in [1.807, 2.05) is 12.1 Å². The number of carbonyl (C=O) groups excluding carboxylic acids is 3. The van der Waals surface area contributed by atoms with Crippen LogP contribution < -0.4 is 16.4 Å². The number of primary amides is 1. The standard InChI is InChI=1S/C21H26N8O5S2/c1-12(30)29(14-5-3-2-4-13(14)8-22)16-17(32)27-9-21(19(33)34,10-35-18(16)27)11-36-20-24-25-26-28(20)7-6-15(23)31/h2-5,16,18H,6-11,22H2,1H3,(H2,23,31)(H,33,34)/t16?,18-,21?/m1/s1. The topological polar surface area (TPSA) is 191 Å². The summed E-state index contributed by atoms with van der Waals surface area (Å²) in [6, 6.07) is 6.43. The molecule has 0 radical (unpaired) electrons. The molecule has 13 nitrogen and oxygen atoms in total. The Labute approximate surface area is 214 Å². The van der Waals surface area contributed by atoms with E-state index in [1.165, 1.54) is 33.2 Å². The van der Waals surface area contributed by atoms with Gasteiger partial charge in [0.15, 0.2) is 0 Å². The zero-order chi connectivity index (χ0) is 26.0. The van der Waals surface area contributed by atoms with Crippen molar-refractivity contribution in [2.45, 2.75) is 43.0 Å². The van der Waals surface area contributed by atoms with E-state index in [0.29, 0.717) is 10.8 Å². The molecule has 0 aliphatic carbocycles. The Morgan fingerprint density at radius 2 is 2.08 bits per heavy atom. The number of aryl methyl sites for hydroxylation is 1. The van der Waals surface area contributed by atoms with E-state index < -0.39 is 23.3 Å². The molecule has 3 atom stereocenters. The second-order valence-electron chi connectivity index (χ2n) is 8.61. The molecule has 5 N–H and O–H groups in total. The molecule has 2 aliphatic heterocycles. The maximum Gasteiger partial charge on any atom is 0.313 e. The van der Waals surface area contributed by atoms with E-state index in [2.05, 4.69) is 15.5 Å². The highest BCUT2D eigenvalue weighted by molar-refractivity contribution is 8.00. The second kappa shape index (κ2) is 10.4. The van der Waals surface area contributed by atoms with Crippen molar-refractivity contribution in [2.24, 2.45) is 16.9 Å². The lowest BCUT2D eigenvalue weighted by atomic mass is 9.89. The molecule has 36 heavy (non-hydrogen) atoms. The normalized spacial score (nSPS) is 23.1. The minimum Gasteiger partial charge on any atom is -0.481 e. The van der Waals surface area contributed by atoms with Gasteiger partial charge < -0.3 is 21.5 Å². The van der Waals surface area contributed by atoms with Crippen LogP contribution in [0.15, 0.2) is 29.4 Å². The fourth-order valence-corrected chi connectivity index (χ4v) is 7.09. The number of carboxylic acid groups (broad SMARTS) is 1. The fraction of sp³-hybridized carbons (Fsp3) is 0.476. The minimum absolute atomic E-state index is 0.00450. The van der Waals surface area contributed by atoms with E-state index in [1.54, 1.807) is 12.1 Å². The summed E-state index contributed by atoms with van der Waals surface area (Å²) in [4.78, 5) is 52.3. The largest absolute Gasteiger partial charge is 0.481 e. The zero-order valence-corrected chi connectivity index (χ0v) is 21.1. The van der Waals surface area contributed by atoms with Crippen molar-refractivity contribution in [2.75, 3.05) is 23.0 Å². The number of rotatable bonds is 10. The number of para-hydroxylation sites is 1. The molecule has 2 saturated heterocycles. The highest BCUT2D eigenvalue weighted by atomic mass is 32.2. The van der Waals surface area contributed by atoms with Gasteiger partial charge in [-0.05, 0) is 22.1 Å². The molecule has 0 saturated carbocycles. The van der Waals surface area contributed by atoms with E-state index in [9.17, 15) is 24.3 Å². The number of benzene rings is 1. The molecular formula is C21H26N8O5S2. The molecule has 2 fully saturated rings. The molecule has 1 aromatic carbocycles. The van der Waals surface area contributed by atoms with Gasteiger partial charge in [0.05, 0.1) is 6.54 Å². The smallest absolute Gasteiger partial charge is 0.313 e. The lowest BCUT2D eigenvalue weighted by molar-refractivity contribution is -0.156. The van der Waals surface area contributed by atoms with Crippen LogP contribution in [-0.2, 0) is 32.3 Å². The summed E-state index contributed by atoms with van der Waals surface area (Å²) < 4.78 is 1.40. The third-order valence-electron chi connectivity index (χ3n) is 6.21. The first-order valence-corrected chi connectivity index (χ1v) is 13.1. The number of amides is 3. The van der Waals surface area contributed by atoms with Crippen LogP contribution in [0.3, 0.4) is 0 Å². The van der Waals surface area contributed by atoms with Crippen molar-refractivity contribution in [1.29, 1.82) is 0 Å². The average Bonchev–Trinajstić information content (AvgIpc) is 3.31. The van der Waals surface area contributed by atoms with Crippen LogP contribution in [-0.4, -0.2) is 83.4 Å². The van der Waals surface area contributed by atoms with Crippen molar-refractivity contribution in [3.8, 4) is 0 Å². The molecule has 1 aromatic heterocycles. The van der Waals surface area contributed by atoms with Gasteiger partial charge in [-0.15, -0.1) is 16.9 Å². The van der Waals surface area contributed by atoms with Gasteiger partial charge in [-0.2, -0.15) is 0 Å². The Kier molecular flexibility index (Phi) is 7.51. The van der Waals surface area contributed by atoms with Gasteiger partial charge in [0.2, 0.25) is 22.9 Å². The Hall–Kier alpha value is -3.17. The Morgan fingerprint density at radius 1 is 1.33 bits per heavy atom. The predicted molar refractivity (Wildman–Crippen MR) is 132 cm³/mol. The number of anilines is 1. The summed E-state index contributed by atoms with van der Waals surface area (Å²) in [5.74, 6) is -1.80. The van der Waals surface area contributed by atoms with Crippen molar-refractivity contribution < 1.29 is 24.3 Å². The van der Waals surface area contributed by atoms with Crippen molar-refractivity contribution in [3.63, 3.8) is 0 Å². The van der Waals surface area contributed by atoms with Crippen LogP contribution in [0.2, 0.25) is 0 Å². The second-order valence-corrected chi connectivity index (χ2v) is 10.7. The molecule has 192 valence electrons. The number of tetrazole rings is 1. The number of nitrogens with two attached hydrogens (primary N) is 2. The number of fused-ring (bicyclic) bond motifs is 1. The number of β-lactam (4-membered cyclic amide) rings is 1. The third-order valence-corrected chi connectivity index (χ3v) is 9.03. The molecule has 4 rings (SSSR count). The van der Waals surface area contributed by atoms with Crippen LogP contribution in [0.5, 0.6) is 0 Å². The highest BCUT2D eigenvalue weighted by Crippen LogP contribution is 2.46. The van der Waals surface area contributed by atoms with Gasteiger partial charge >= 0.3 is 5.97 Å². The minimum atomic E-state index is -1.25. The first-order chi connectivity index (χ1) is 17.2. The lowest BCUT2D eigenvalue weighted by Crippen LogP contribution is -2.74. The maximum atomic E-state index is 13.3. The Morgan fingerprint density at radius 3 is 2.75 bits per heavy atom. The van der Waals surface area contributed by atoms with Crippen molar-refractivity contribution in [3.05, 3.63) is 29.8 Å². The summed E-state index contributed by atoms with van der Waals surface area (Å²) in [5.41, 5.74) is 11.1. The van der Waals surface area contributed by atoms with Gasteiger partial charge in [-0.25, -0.2) is 4.68 Å². The van der Waals surface area contributed by atoms with Crippen molar-refractivity contribution in [1.82, 2.24) is 25.1 Å². The number of nitrogens with zero attached hydrogens (tertiary/aromatic N) is 6. The predicted octanol–water partition coefficient (Wildman–Crippen LogP) is -0.493. The van der Waals surface area contributed by atoms with Gasteiger partial charge in [0.1, 0.15) is 16.8 Å². The molecule has 0 bridgehead atoms. The van der Waals surface area contributed by atoms with Crippen LogP contribution in [0.1, 0.15) is 18.9 Å². The molecule has 0 spiro atoms. The number of aliphatic carboxylic acids is 1. The van der Waals surface area contributed by atoms with Crippen molar-refractivity contribution >= 4 is 52.9 Å². The summed E-state index contributed by atoms with van der Waals surface area (Å²) >= 11 is 2.48. The number of thioether (sulfide) groups is 2. The maximum absolute atomic E-state index is 13.3. The van der Waals surface area contributed by atoms with Gasteiger partial charge in [0.25, 0.3) is 0 Å². The van der Waals surface area contributed by atoms with Crippen LogP contribution in [0.25, 0.3) is 0 Å². The summed E-state index contributed by atoms with van der Waals surface area (Å²) in [7, 11) is 0. The fourth-order valence-electron chi connectivity index (χ4n) is 4.28. The van der Waals surface area contributed by atoms with E-state index >= 15 is 0 Å². The first-order valence-electron chi connectivity index (χ1n) is 11.1. The van der Waals surface area contributed by atoms with Gasteiger partial charge in [-0.1, -0.05) is 30.0 Å². The Balaban J connectivity index is 1.50. The number of carbonyl (C=O) groups is 4. The molecule has 2 aromatic rings. The number of hydrogen-bond donors (Lipinski definition) is 3. The summed E-state index contributed by atoms with van der Waals surface area (Å²) in [6.45, 7) is 1.78. The quantitative estimate of drug-likeness (QED) is 0.263. The van der Waals surface area contributed by atoms with Gasteiger partial charge in [-0.3, -0.25) is 24.1 Å². The molecule has 15 heteroatoms. The molecule has 2 unspecified atom stereocenters. The van der Waals surface area contributed by atoms with Gasteiger partial charge in [0, 0.05) is 43.6 Å². The van der Waals surface area contributed by atoms with Crippen LogP contribution in [0.4, 0.5) is 5.69 Å². The highest BCUT2D eigenvalue weighted by Gasteiger charge is 2.59. The average molecular weight is 535 g/mol. The molecule has 3 amide bonds. The zero-order valence-electron chi connectivity index (χ0n) is 19.4. The van der Waals surface area contributed by atoms with E-state index in [-0.39, 0.29) is 54.7 Å². The summed E-state index contributed by atoms with van der Waals surface area (Å²) in [6.07, 6.45) is 0.0454. The van der Waals surface area contributed by atoms with Crippen LogP contribution in [0, 0.1) is 5.41 Å². The first kappa shape index (κ1) is 25.9. The monoisotopic (exact) mass is 534 g/mol. The summed E-state index contributed by atoms with van der Waals surface area (Å²) in [5, 5.41) is 21.4. The van der Waals surface area contributed by atoms with E-state index in [4.69, 9.17) is 11.5 Å². The third kappa shape index (κ3) is 4.77. The molecule has 3 heterocycles. The van der Waals surface area contributed by atoms with E-state index in [0.717, 1.165) is 17.3 Å². The molecular weight excluding hydrogens is 508 g/mol. The Bertz CT molecular complexity index is 1190.